The van der Waals surface area contributed by atoms with Gasteiger partial charge in [-0.15, -0.1) is 0 Å². The molecule has 2 bridgehead atoms. The predicted octanol–water partition coefficient (Wildman–Crippen LogP) is 6.01. The topological polar surface area (TPSA) is 25.6 Å². The van der Waals surface area contributed by atoms with Gasteiger partial charge in [-0.3, -0.25) is 4.90 Å². The maximum Gasteiger partial charge on any atom is 0.135 e. The Morgan fingerprint density at radius 3 is 2.07 bits per heavy atom. The number of para-hydroxylation sites is 2. The third kappa shape index (κ3) is 2.54. The second-order valence-electron chi connectivity index (χ2n) is 8.17. The Labute approximate surface area is 165 Å². The fourth-order valence-corrected chi connectivity index (χ4v) is 5.33. The number of piperidine rings is 1. The normalized spacial score (nSPS) is 23.3. The molecule has 140 valence electrons. The van der Waals surface area contributed by atoms with Crippen LogP contribution in [0.2, 0.25) is 0 Å². The SMILES string of the molecule is c1ccc2c(c1)Oc1ccccc1C2=C1CC2CCC(C1)N2Cc1ccoc1. The van der Waals surface area contributed by atoms with E-state index in [9.17, 15) is 0 Å². The molecule has 0 aliphatic carbocycles. The van der Waals surface area contributed by atoms with Crippen LogP contribution in [0, 0.1) is 0 Å². The molecule has 3 nitrogen and oxygen atoms in total. The largest absolute Gasteiger partial charge is 0.472 e. The van der Waals surface area contributed by atoms with Gasteiger partial charge in [0.25, 0.3) is 0 Å². The molecule has 4 heterocycles. The molecule has 28 heavy (non-hydrogen) atoms. The van der Waals surface area contributed by atoms with Crippen LogP contribution < -0.4 is 4.74 Å². The van der Waals surface area contributed by atoms with Crippen LogP contribution in [0.4, 0.5) is 0 Å². The maximum absolute atomic E-state index is 6.20. The summed E-state index contributed by atoms with van der Waals surface area (Å²) in [5.41, 5.74) is 6.80. The van der Waals surface area contributed by atoms with Gasteiger partial charge in [-0.1, -0.05) is 42.0 Å². The van der Waals surface area contributed by atoms with Crippen LogP contribution in [0.5, 0.6) is 11.5 Å². The molecule has 0 N–H and O–H groups in total. The van der Waals surface area contributed by atoms with Crippen LogP contribution in [-0.2, 0) is 6.54 Å². The van der Waals surface area contributed by atoms with Gasteiger partial charge in [0.1, 0.15) is 11.5 Å². The highest BCUT2D eigenvalue weighted by atomic mass is 16.5. The average molecular weight is 369 g/mol. The van der Waals surface area contributed by atoms with Crippen LogP contribution >= 0.6 is 0 Å². The Balaban J connectivity index is 1.42. The molecule has 0 radical (unpaired) electrons. The van der Waals surface area contributed by atoms with E-state index in [1.54, 1.807) is 11.8 Å². The van der Waals surface area contributed by atoms with Gasteiger partial charge in [-0.25, -0.2) is 0 Å². The van der Waals surface area contributed by atoms with Crippen molar-refractivity contribution in [1.29, 1.82) is 0 Å². The summed E-state index contributed by atoms with van der Waals surface area (Å²) in [5, 5.41) is 0. The second-order valence-corrected chi connectivity index (χ2v) is 8.17. The number of nitrogens with zero attached hydrogens (tertiary/aromatic N) is 1. The molecule has 2 aromatic carbocycles. The van der Waals surface area contributed by atoms with Gasteiger partial charge < -0.3 is 9.15 Å². The molecule has 2 fully saturated rings. The molecular weight excluding hydrogens is 346 g/mol. The van der Waals surface area contributed by atoms with Crippen LogP contribution in [0.3, 0.4) is 0 Å². The van der Waals surface area contributed by atoms with Gasteiger partial charge in [0.2, 0.25) is 0 Å². The molecule has 0 spiro atoms. The van der Waals surface area contributed by atoms with Gasteiger partial charge in [0, 0.05) is 35.3 Å². The van der Waals surface area contributed by atoms with E-state index in [0.29, 0.717) is 12.1 Å². The summed E-state index contributed by atoms with van der Waals surface area (Å²) in [4.78, 5) is 2.70. The molecular formula is C25H23NO2. The molecule has 1 aromatic heterocycles. The maximum atomic E-state index is 6.20. The Morgan fingerprint density at radius 2 is 1.46 bits per heavy atom. The number of hydrogen-bond donors (Lipinski definition) is 0. The standard InChI is InChI=1S/C25H23NO2/c1-3-7-23-21(5-1)25(22-6-2-4-8-24(22)28-23)18-13-19-9-10-20(14-18)26(19)15-17-11-12-27-16-17/h1-8,11-12,16,19-20H,9-10,13-15H2. The number of hydrogen-bond acceptors (Lipinski definition) is 3. The minimum atomic E-state index is 0.623. The minimum absolute atomic E-state index is 0.623. The quantitative estimate of drug-likeness (QED) is 0.432. The number of ether oxygens (including phenoxy) is 1. The zero-order chi connectivity index (χ0) is 18.5. The van der Waals surface area contributed by atoms with E-state index in [2.05, 4.69) is 59.5 Å². The lowest BCUT2D eigenvalue weighted by Crippen LogP contribution is -2.40. The van der Waals surface area contributed by atoms with E-state index < -0.39 is 0 Å². The summed E-state index contributed by atoms with van der Waals surface area (Å²) in [6.45, 7) is 1.00. The predicted molar refractivity (Wildman–Crippen MR) is 109 cm³/mol. The first-order valence-electron chi connectivity index (χ1n) is 10.2. The monoisotopic (exact) mass is 369 g/mol. The van der Waals surface area contributed by atoms with Gasteiger partial charge in [-0.2, -0.15) is 0 Å². The summed E-state index contributed by atoms with van der Waals surface area (Å²) in [7, 11) is 0. The lowest BCUT2D eigenvalue weighted by Gasteiger charge is -2.38. The van der Waals surface area contributed by atoms with E-state index in [4.69, 9.17) is 9.15 Å². The molecule has 0 amide bonds. The molecule has 2 unspecified atom stereocenters. The van der Waals surface area contributed by atoms with Crippen molar-refractivity contribution in [2.75, 3.05) is 0 Å². The molecule has 6 rings (SSSR count). The highest BCUT2D eigenvalue weighted by molar-refractivity contribution is 5.89. The summed E-state index contributed by atoms with van der Waals surface area (Å²) in [5.74, 6) is 1.97. The molecule has 0 saturated carbocycles. The van der Waals surface area contributed by atoms with E-state index >= 15 is 0 Å². The fraction of sp³-hybridized carbons (Fsp3) is 0.280. The highest BCUT2D eigenvalue weighted by Crippen LogP contribution is 2.49. The average Bonchev–Trinajstić information content (AvgIpc) is 3.32. The van der Waals surface area contributed by atoms with Crippen molar-refractivity contribution < 1.29 is 9.15 Å². The van der Waals surface area contributed by atoms with E-state index in [1.165, 1.54) is 35.1 Å². The third-order valence-electron chi connectivity index (χ3n) is 6.57. The second kappa shape index (κ2) is 6.39. The first kappa shape index (κ1) is 16.2. The molecule has 3 aliphatic heterocycles. The molecule has 3 heteroatoms. The highest BCUT2D eigenvalue weighted by Gasteiger charge is 2.40. The smallest absolute Gasteiger partial charge is 0.135 e. The van der Waals surface area contributed by atoms with E-state index in [-0.39, 0.29) is 0 Å². The fourth-order valence-electron chi connectivity index (χ4n) is 5.33. The van der Waals surface area contributed by atoms with Crippen molar-refractivity contribution in [3.63, 3.8) is 0 Å². The van der Waals surface area contributed by atoms with Crippen LogP contribution in [0.25, 0.3) is 5.57 Å². The van der Waals surface area contributed by atoms with Crippen molar-refractivity contribution >= 4 is 5.57 Å². The molecule has 3 aliphatic rings. The van der Waals surface area contributed by atoms with Crippen LogP contribution in [-0.4, -0.2) is 17.0 Å². The van der Waals surface area contributed by atoms with Crippen LogP contribution in [0.15, 0.2) is 77.1 Å². The Hall–Kier alpha value is -2.78. The van der Waals surface area contributed by atoms with Crippen molar-refractivity contribution in [1.82, 2.24) is 4.90 Å². The van der Waals surface area contributed by atoms with Crippen molar-refractivity contribution in [3.8, 4) is 11.5 Å². The van der Waals surface area contributed by atoms with Crippen LogP contribution in [0.1, 0.15) is 42.4 Å². The molecule has 2 saturated heterocycles. The van der Waals surface area contributed by atoms with Gasteiger partial charge >= 0.3 is 0 Å². The summed E-state index contributed by atoms with van der Waals surface area (Å²) >= 11 is 0. The van der Waals surface area contributed by atoms with E-state index in [1.807, 2.05) is 6.26 Å². The van der Waals surface area contributed by atoms with Gasteiger partial charge in [0.05, 0.1) is 12.5 Å². The zero-order valence-corrected chi connectivity index (χ0v) is 15.8. The Kier molecular flexibility index (Phi) is 3.69. The summed E-state index contributed by atoms with van der Waals surface area (Å²) < 4.78 is 11.5. The number of rotatable bonds is 2. The van der Waals surface area contributed by atoms with Gasteiger partial charge in [0.15, 0.2) is 0 Å². The Morgan fingerprint density at radius 1 is 0.821 bits per heavy atom. The Bertz CT molecular complexity index is 986. The van der Waals surface area contributed by atoms with Crippen molar-refractivity contribution in [2.24, 2.45) is 0 Å². The first-order valence-corrected chi connectivity index (χ1v) is 10.2. The summed E-state index contributed by atoms with van der Waals surface area (Å²) in [6, 6.07) is 20.3. The summed E-state index contributed by atoms with van der Waals surface area (Å²) in [6.07, 6.45) is 8.54. The lowest BCUT2D eigenvalue weighted by atomic mass is 9.84. The lowest BCUT2D eigenvalue weighted by molar-refractivity contribution is 0.157. The zero-order valence-electron chi connectivity index (χ0n) is 15.8. The first-order chi connectivity index (χ1) is 13.9. The van der Waals surface area contributed by atoms with E-state index in [0.717, 1.165) is 30.9 Å². The number of fused-ring (bicyclic) bond motifs is 4. The van der Waals surface area contributed by atoms with Crippen molar-refractivity contribution in [3.05, 3.63) is 89.4 Å². The number of benzene rings is 2. The van der Waals surface area contributed by atoms with Gasteiger partial charge in [-0.05, 0) is 49.5 Å². The van der Waals surface area contributed by atoms with Crippen molar-refractivity contribution in [2.45, 2.75) is 44.3 Å². The molecule has 3 aromatic rings. The number of furan rings is 1. The third-order valence-corrected chi connectivity index (χ3v) is 6.57. The minimum Gasteiger partial charge on any atom is -0.472 e. The molecule has 2 atom stereocenters.